The lowest BCUT2D eigenvalue weighted by Crippen LogP contribution is -2.16. The average molecular weight is 298 g/mol. The summed E-state index contributed by atoms with van der Waals surface area (Å²) in [5.41, 5.74) is 6.47. The first-order valence-electron chi connectivity index (χ1n) is 5.97. The fourth-order valence-corrected chi connectivity index (χ4v) is 3.54. The van der Waals surface area contributed by atoms with Crippen molar-refractivity contribution in [1.82, 2.24) is 15.1 Å². The standard InChI is InChI=1S/C11H14N4O2S2/c1-6-9(19-8(4-12)13-6)11-14-10(15-17-11)7-5-18-3-2-16-7/h7H,2-5,12H2,1H3. The Kier molecular flexibility index (Phi) is 3.83. The van der Waals surface area contributed by atoms with Gasteiger partial charge in [0.05, 0.1) is 12.3 Å². The Labute approximate surface area is 118 Å². The van der Waals surface area contributed by atoms with Gasteiger partial charge in [0.1, 0.15) is 16.0 Å². The number of thioether (sulfide) groups is 1. The van der Waals surface area contributed by atoms with Crippen molar-refractivity contribution in [2.24, 2.45) is 5.73 Å². The first-order chi connectivity index (χ1) is 9.28. The van der Waals surface area contributed by atoms with E-state index in [-0.39, 0.29) is 6.10 Å². The molecule has 3 heterocycles. The Bertz CT molecular complexity index is 563. The molecule has 0 spiro atoms. The second-order valence-corrected chi connectivity index (χ2v) is 6.35. The maximum atomic E-state index is 5.63. The van der Waals surface area contributed by atoms with Crippen molar-refractivity contribution < 1.29 is 9.26 Å². The topological polar surface area (TPSA) is 87.1 Å². The summed E-state index contributed by atoms with van der Waals surface area (Å²) < 4.78 is 11.0. The van der Waals surface area contributed by atoms with Crippen LogP contribution < -0.4 is 5.73 Å². The second kappa shape index (κ2) is 5.58. The van der Waals surface area contributed by atoms with Gasteiger partial charge >= 0.3 is 0 Å². The van der Waals surface area contributed by atoms with Crippen LogP contribution in [0.5, 0.6) is 0 Å². The van der Waals surface area contributed by atoms with Crippen molar-refractivity contribution >= 4 is 23.1 Å². The Balaban J connectivity index is 1.85. The van der Waals surface area contributed by atoms with Crippen LogP contribution in [-0.4, -0.2) is 33.2 Å². The Hall–Kier alpha value is -0.960. The van der Waals surface area contributed by atoms with E-state index in [2.05, 4.69) is 15.1 Å². The molecular weight excluding hydrogens is 284 g/mol. The van der Waals surface area contributed by atoms with Crippen LogP contribution >= 0.6 is 23.1 Å². The fourth-order valence-electron chi connectivity index (χ4n) is 1.83. The zero-order valence-electron chi connectivity index (χ0n) is 10.5. The van der Waals surface area contributed by atoms with Crippen LogP contribution in [0.15, 0.2) is 4.52 Å². The molecule has 0 aliphatic carbocycles. The minimum atomic E-state index is -0.0709. The summed E-state index contributed by atoms with van der Waals surface area (Å²) in [6, 6.07) is 0. The number of nitrogens with zero attached hydrogens (tertiary/aromatic N) is 3. The van der Waals surface area contributed by atoms with Gasteiger partial charge in [-0.15, -0.1) is 11.3 Å². The Morgan fingerprint density at radius 1 is 1.42 bits per heavy atom. The second-order valence-electron chi connectivity index (χ2n) is 4.12. The van der Waals surface area contributed by atoms with Crippen LogP contribution in [0.1, 0.15) is 22.6 Å². The number of aromatic nitrogens is 3. The van der Waals surface area contributed by atoms with Gasteiger partial charge in [0.2, 0.25) is 5.82 Å². The first-order valence-corrected chi connectivity index (χ1v) is 7.94. The van der Waals surface area contributed by atoms with Crippen molar-refractivity contribution in [2.75, 3.05) is 18.1 Å². The van der Waals surface area contributed by atoms with E-state index in [0.717, 1.165) is 33.7 Å². The number of aryl methyl sites for hydroxylation is 1. The first kappa shape index (κ1) is 13.0. The van der Waals surface area contributed by atoms with Crippen LogP contribution in [0.2, 0.25) is 0 Å². The van der Waals surface area contributed by atoms with Gasteiger partial charge in [0.25, 0.3) is 5.89 Å². The van der Waals surface area contributed by atoms with Crippen LogP contribution in [0.4, 0.5) is 0 Å². The number of hydrogen-bond acceptors (Lipinski definition) is 8. The average Bonchev–Trinajstić information content (AvgIpc) is 3.06. The molecule has 0 bridgehead atoms. The number of nitrogens with two attached hydrogens (primary N) is 1. The van der Waals surface area contributed by atoms with E-state index in [1.165, 1.54) is 11.3 Å². The van der Waals surface area contributed by atoms with Crippen LogP contribution in [-0.2, 0) is 11.3 Å². The predicted octanol–water partition coefficient (Wildman–Crippen LogP) is 1.76. The summed E-state index contributed by atoms with van der Waals surface area (Å²) in [5, 5.41) is 4.89. The molecule has 1 fully saturated rings. The normalized spacial score (nSPS) is 19.8. The highest BCUT2D eigenvalue weighted by Crippen LogP contribution is 2.31. The van der Waals surface area contributed by atoms with E-state index in [1.807, 2.05) is 18.7 Å². The van der Waals surface area contributed by atoms with Crippen molar-refractivity contribution in [3.05, 3.63) is 16.5 Å². The smallest absolute Gasteiger partial charge is 0.270 e. The molecule has 0 saturated carbocycles. The van der Waals surface area contributed by atoms with E-state index >= 15 is 0 Å². The summed E-state index contributed by atoms with van der Waals surface area (Å²) in [6.07, 6.45) is -0.0709. The zero-order valence-corrected chi connectivity index (χ0v) is 12.1. The van der Waals surface area contributed by atoms with E-state index in [0.29, 0.717) is 18.3 Å². The van der Waals surface area contributed by atoms with Gasteiger partial charge in [0.15, 0.2) is 0 Å². The highest BCUT2D eigenvalue weighted by molar-refractivity contribution is 7.99. The minimum Gasteiger partial charge on any atom is -0.368 e. The number of rotatable bonds is 3. The summed E-state index contributed by atoms with van der Waals surface area (Å²) in [6.45, 7) is 3.08. The van der Waals surface area contributed by atoms with Crippen molar-refractivity contribution in [3.63, 3.8) is 0 Å². The van der Waals surface area contributed by atoms with Crippen molar-refractivity contribution in [1.29, 1.82) is 0 Å². The minimum absolute atomic E-state index is 0.0709. The summed E-state index contributed by atoms with van der Waals surface area (Å²) in [7, 11) is 0. The quantitative estimate of drug-likeness (QED) is 0.923. The van der Waals surface area contributed by atoms with Crippen LogP contribution in [0.25, 0.3) is 10.8 Å². The zero-order chi connectivity index (χ0) is 13.2. The SMILES string of the molecule is Cc1nc(CN)sc1-c1nc(C2CSCCO2)no1. The van der Waals surface area contributed by atoms with Gasteiger partial charge in [-0.25, -0.2) is 4.98 Å². The molecule has 1 aliphatic heterocycles. The van der Waals surface area contributed by atoms with Gasteiger partial charge < -0.3 is 15.0 Å². The lowest BCUT2D eigenvalue weighted by atomic mass is 10.3. The molecule has 0 radical (unpaired) electrons. The molecule has 1 unspecified atom stereocenters. The molecule has 3 rings (SSSR count). The van der Waals surface area contributed by atoms with Crippen molar-refractivity contribution in [2.45, 2.75) is 19.6 Å². The molecule has 2 aromatic rings. The van der Waals surface area contributed by atoms with Crippen LogP contribution in [0.3, 0.4) is 0 Å². The molecule has 2 N–H and O–H groups in total. The highest BCUT2D eigenvalue weighted by Gasteiger charge is 2.24. The molecule has 8 heteroatoms. The van der Waals surface area contributed by atoms with E-state index in [9.17, 15) is 0 Å². The van der Waals surface area contributed by atoms with Crippen LogP contribution in [0, 0.1) is 6.92 Å². The molecule has 1 aliphatic rings. The predicted molar refractivity (Wildman–Crippen MR) is 74.1 cm³/mol. The molecule has 6 nitrogen and oxygen atoms in total. The molecule has 1 saturated heterocycles. The molecular formula is C11H14N4O2S2. The lowest BCUT2D eigenvalue weighted by Gasteiger charge is -2.18. The Morgan fingerprint density at radius 3 is 3.00 bits per heavy atom. The molecule has 1 atom stereocenters. The molecule has 0 aromatic carbocycles. The summed E-state index contributed by atoms with van der Waals surface area (Å²) in [4.78, 5) is 9.68. The van der Waals surface area contributed by atoms with Gasteiger partial charge in [-0.2, -0.15) is 16.7 Å². The van der Waals surface area contributed by atoms with Gasteiger partial charge in [0, 0.05) is 18.1 Å². The van der Waals surface area contributed by atoms with Gasteiger partial charge in [-0.05, 0) is 6.92 Å². The van der Waals surface area contributed by atoms with Crippen molar-refractivity contribution in [3.8, 4) is 10.8 Å². The third kappa shape index (κ3) is 2.66. The molecule has 0 amide bonds. The number of hydrogen-bond donors (Lipinski definition) is 1. The fraction of sp³-hybridized carbons (Fsp3) is 0.545. The van der Waals surface area contributed by atoms with E-state index in [1.54, 1.807) is 0 Å². The maximum Gasteiger partial charge on any atom is 0.270 e. The van der Waals surface area contributed by atoms with E-state index in [4.69, 9.17) is 15.0 Å². The third-order valence-corrected chi connectivity index (χ3v) is 4.92. The molecule has 2 aromatic heterocycles. The lowest BCUT2D eigenvalue weighted by molar-refractivity contribution is 0.0677. The summed E-state index contributed by atoms with van der Waals surface area (Å²) in [5.74, 6) is 3.01. The Morgan fingerprint density at radius 2 is 2.32 bits per heavy atom. The molecule has 102 valence electrons. The summed E-state index contributed by atoms with van der Waals surface area (Å²) >= 11 is 3.34. The molecule has 19 heavy (non-hydrogen) atoms. The van der Waals surface area contributed by atoms with E-state index < -0.39 is 0 Å². The third-order valence-electron chi connectivity index (χ3n) is 2.76. The van der Waals surface area contributed by atoms with Gasteiger partial charge in [-0.3, -0.25) is 0 Å². The maximum absolute atomic E-state index is 5.63. The van der Waals surface area contributed by atoms with Gasteiger partial charge in [-0.1, -0.05) is 5.16 Å². The monoisotopic (exact) mass is 298 g/mol. The number of ether oxygens (including phenoxy) is 1. The largest absolute Gasteiger partial charge is 0.368 e. The number of thiazole rings is 1. The highest BCUT2D eigenvalue weighted by atomic mass is 32.2.